The summed E-state index contributed by atoms with van der Waals surface area (Å²) in [5.41, 5.74) is -4.05. The molecule has 7 nitrogen and oxygen atoms in total. The van der Waals surface area contributed by atoms with Crippen molar-refractivity contribution in [2.45, 2.75) is 19.3 Å². The van der Waals surface area contributed by atoms with Crippen molar-refractivity contribution >= 4 is 23.9 Å². The highest BCUT2D eigenvalue weighted by Crippen LogP contribution is 2.33. The molecule has 0 radical (unpaired) electrons. The van der Waals surface area contributed by atoms with Gasteiger partial charge in [0.2, 0.25) is 0 Å². The molecule has 0 saturated heterocycles. The third kappa shape index (κ3) is 4.78. The standard InChI is InChI=1S/C7H7F3N2O2.C6H4ClF3N2O/c1-3-4(6(13)14)5(7(8,9)10)11-12(3)2;1-12-5(7)3(2-13)4(11-12)6(8,9)10/h1-2H3,(H,13,14);2H,1H3. The number of aldehydes is 1. The molecular weight excluding hydrogens is 410 g/mol. The number of aryl methyl sites for hydroxylation is 2. The number of alkyl halides is 6. The first-order valence-corrected chi connectivity index (χ1v) is 7.09. The molecule has 2 rings (SSSR count). The van der Waals surface area contributed by atoms with E-state index in [1.165, 1.54) is 21.0 Å². The SMILES string of the molecule is Cc1c(C(=O)O)c(C(F)(F)F)nn1C.Cn1nc(C(F)(F)F)c(C=O)c1Cl. The van der Waals surface area contributed by atoms with Gasteiger partial charge >= 0.3 is 18.3 Å². The molecular formula is C13H11ClF6N4O3. The van der Waals surface area contributed by atoms with Gasteiger partial charge in [0, 0.05) is 14.1 Å². The molecule has 0 amide bonds. The van der Waals surface area contributed by atoms with Gasteiger partial charge in [0.25, 0.3) is 0 Å². The zero-order valence-electron chi connectivity index (χ0n) is 13.8. The Morgan fingerprint density at radius 1 is 1.04 bits per heavy atom. The Bertz CT molecular complexity index is 869. The number of hydrogen-bond donors (Lipinski definition) is 1. The highest BCUT2D eigenvalue weighted by molar-refractivity contribution is 6.32. The molecule has 27 heavy (non-hydrogen) atoms. The first-order valence-electron chi connectivity index (χ1n) is 6.71. The second-order valence-electron chi connectivity index (χ2n) is 5.03. The molecule has 0 atom stereocenters. The van der Waals surface area contributed by atoms with Crippen LogP contribution in [0.2, 0.25) is 5.15 Å². The van der Waals surface area contributed by atoms with Gasteiger partial charge in [-0.3, -0.25) is 14.2 Å². The van der Waals surface area contributed by atoms with Gasteiger partial charge in [0.1, 0.15) is 10.7 Å². The van der Waals surface area contributed by atoms with Crippen molar-refractivity contribution in [3.05, 3.63) is 33.4 Å². The predicted octanol–water partition coefficient (Wildman–Crippen LogP) is 3.35. The van der Waals surface area contributed by atoms with Crippen LogP contribution < -0.4 is 0 Å². The lowest BCUT2D eigenvalue weighted by Gasteiger charge is -2.02. The van der Waals surface area contributed by atoms with Crippen LogP contribution in [0.4, 0.5) is 26.3 Å². The van der Waals surface area contributed by atoms with Crippen LogP contribution in [-0.4, -0.2) is 36.9 Å². The molecule has 0 fully saturated rings. The second-order valence-corrected chi connectivity index (χ2v) is 5.39. The summed E-state index contributed by atoms with van der Waals surface area (Å²) in [7, 11) is 2.49. The van der Waals surface area contributed by atoms with Crippen LogP contribution in [0.25, 0.3) is 0 Å². The molecule has 0 aliphatic heterocycles. The maximum atomic E-state index is 12.3. The largest absolute Gasteiger partial charge is 0.478 e. The number of carbonyl (C=O) groups excluding carboxylic acids is 1. The fourth-order valence-electron chi connectivity index (χ4n) is 1.90. The molecule has 150 valence electrons. The van der Waals surface area contributed by atoms with E-state index in [1.54, 1.807) is 0 Å². The van der Waals surface area contributed by atoms with Gasteiger partial charge in [-0.2, -0.15) is 36.5 Å². The van der Waals surface area contributed by atoms with Crippen molar-refractivity contribution < 1.29 is 41.0 Å². The minimum Gasteiger partial charge on any atom is -0.478 e. The molecule has 14 heteroatoms. The predicted molar refractivity (Wildman–Crippen MR) is 78.5 cm³/mol. The third-order valence-corrected chi connectivity index (χ3v) is 3.66. The summed E-state index contributed by atoms with van der Waals surface area (Å²) >= 11 is 5.39. The van der Waals surface area contributed by atoms with E-state index in [2.05, 4.69) is 10.2 Å². The molecule has 0 spiro atoms. The molecule has 0 aromatic carbocycles. The molecule has 0 aliphatic rings. The minimum absolute atomic E-state index is 0.0233. The fourth-order valence-corrected chi connectivity index (χ4v) is 2.07. The number of nitrogens with zero attached hydrogens (tertiary/aromatic N) is 4. The van der Waals surface area contributed by atoms with E-state index in [9.17, 15) is 35.9 Å². The average molecular weight is 421 g/mol. The summed E-state index contributed by atoms with van der Waals surface area (Å²) in [6.45, 7) is 1.27. The smallest absolute Gasteiger partial charge is 0.436 e. The van der Waals surface area contributed by atoms with Crippen molar-refractivity contribution in [2.24, 2.45) is 14.1 Å². The van der Waals surface area contributed by atoms with E-state index in [4.69, 9.17) is 16.7 Å². The lowest BCUT2D eigenvalue weighted by Crippen LogP contribution is -2.12. The number of aromatic nitrogens is 4. The van der Waals surface area contributed by atoms with E-state index in [0.29, 0.717) is 0 Å². The van der Waals surface area contributed by atoms with Crippen LogP contribution >= 0.6 is 11.6 Å². The first-order chi connectivity index (χ1) is 12.1. The van der Waals surface area contributed by atoms with E-state index >= 15 is 0 Å². The molecule has 0 aliphatic carbocycles. The zero-order chi connectivity index (χ0) is 21.3. The number of rotatable bonds is 2. The number of aromatic carboxylic acids is 1. The summed E-state index contributed by atoms with van der Waals surface area (Å²) in [5, 5.41) is 14.4. The lowest BCUT2D eigenvalue weighted by molar-refractivity contribution is -0.142. The Morgan fingerprint density at radius 3 is 1.78 bits per heavy atom. The van der Waals surface area contributed by atoms with Gasteiger partial charge in [0.15, 0.2) is 17.7 Å². The minimum atomic E-state index is -4.74. The Kier molecular flexibility index (Phi) is 6.31. The topological polar surface area (TPSA) is 90.0 Å². The monoisotopic (exact) mass is 420 g/mol. The highest BCUT2D eigenvalue weighted by Gasteiger charge is 2.40. The molecule has 0 bridgehead atoms. The number of carboxylic acid groups (broad SMARTS) is 1. The van der Waals surface area contributed by atoms with Crippen LogP contribution in [0.3, 0.4) is 0 Å². The second kappa shape index (κ2) is 7.58. The summed E-state index contributed by atoms with van der Waals surface area (Å²) in [6.07, 6.45) is -9.35. The lowest BCUT2D eigenvalue weighted by atomic mass is 10.2. The van der Waals surface area contributed by atoms with Gasteiger partial charge < -0.3 is 5.11 Å². The van der Waals surface area contributed by atoms with Crippen LogP contribution in [0.5, 0.6) is 0 Å². The van der Waals surface area contributed by atoms with Crippen LogP contribution in [0.1, 0.15) is 37.8 Å². The van der Waals surface area contributed by atoms with Crippen molar-refractivity contribution in [1.82, 2.24) is 19.6 Å². The van der Waals surface area contributed by atoms with Gasteiger partial charge in [-0.1, -0.05) is 11.6 Å². The normalized spacial score (nSPS) is 11.8. The number of hydrogen-bond acceptors (Lipinski definition) is 4. The third-order valence-electron chi connectivity index (χ3n) is 3.21. The molecule has 1 N–H and O–H groups in total. The van der Waals surface area contributed by atoms with Crippen molar-refractivity contribution in [3.63, 3.8) is 0 Å². The van der Waals surface area contributed by atoms with E-state index < -0.39 is 40.8 Å². The maximum absolute atomic E-state index is 12.3. The number of carboxylic acids is 1. The molecule has 0 unspecified atom stereocenters. The average Bonchev–Trinajstić information content (AvgIpc) is 2.97. The van der Waals surface area contributed by atoms with Gasteiger partial charge in [0.05, 0.1) is 11.3 Å². The summed E-state index contributed by atoms with van der Waals surface area (Å²) in [5.74, 6) is -1.62. The summed E-state index contributed by atoms with van der Waals surface area (Å²) in [6, 6.07) is 0. The van der Waals surface area contributed by atoms with Gasteiger partial charge in [-0.05, 0) is 6.92 Å². The maximum Gasteiger partial charge on any atom is 0.436 e. The van der Waals surface area contributed by atoms with E-state index in [-0.39, 0.29) is 17.1 Å². The number of carbonyl (C=O) groups is 2. The van der Waals surface area contributed by atoms with Crippen LogP contribution in [-0.2, 0) is 26.4 Å². The van der Waals surface area contributed by atoms with Gasteiger partial charge in [-0.15, -0.1) is 0 Å². The Labute approximate surface area is 152 Å². The molecule has 0 saturated carbocycles. The van der Waals surface area contributed by atoms with Crippen LogP contribution in [0, 0.1) is 6.92 Å². The number of halogens is 7. The highest BCUT2D eigenvalue weighted by atomic mass is 35.5. The first kappa shape index (κ1) is 22.5. The summed E-state index contributed by atoms with van der Waals surface area (Å²) in [4.78, 5) is 20.8. The molecule has 2 aromatic heterocycles. The van der Waals surface area contributed by atoms with E-state index in [1.807, 2.05) is 0 Å². The Balaban J connectivity index is 0.000000271. The fraction of sp³-hybridized carbons (Fsp3) is 0.385. The molecule has 2 aromatic rings. The van der Waals surface area contributed by atoms with Crippen molar-refractivity contribution in [1.29, 1.82) is 0 Å². The van der Waals surface area contributed by atoms with Crippen LogP contribution in [0.15, 0.2) is 0 Å². The Hall–Kier alpha value is -2.57. The Morgan fingerprint density at radius 2 is 1.48 bits per heavy atom. The summed E-state index contributed by atoms with van der Waals surface area (Å²) < 4.78 is 74.9. The van der Waals surface area contributed by atoms with Crippen molar-refractivity contribution in [2.75, 3.05) is 0 Å². The van der Waals surface area contributed by atoms with E-state index in [0.717, 1.165) is 9.36 Å². The zero-order valence-corrected chi connectivity index (χ0v) is 14.5. The molecule has 2 heterocycles. The van der Waals surface area contributed by atoms with Gasteiger partial charge in [-0.25, -0.2) is 4.79 Å². The quantitative estimate of drug-likeness (QED) is 0.594. The van der Waals surface area contributed by atoms with Crippen molar-refractivity contribution in [3.8, 4) is 0 Å².